The lowest BCUT2D eigenvalue weighted by Crippen LogP contribution is -2.13. The Kier molecular flexibility index (Phi) is 5.54. The van der Waals surface area contributed by atoms with Crippen molar-refractivity contribution in [3.63, 3.8) is 0 Å². The summed E-state index contributed by atoms with van der Waals surface area (Å²) < 4.78 is 18.4. The number of halogens is 1. The van der Waals surface area contributed by atoms with Crippen molar-refractivity contribution < 1.29 is 13.9 Å². The summed E-state index contributed by atoms with van der Waals surface area (Å²) in [5.41, 5.74) is 4.25. The van der Waals surface area contributed by atoms with Crippen LogP contribution in [0.2, 0.25) is 0 Å². The monoisotopic (exact) mass is 455 g/mol. The largest absolute Gasteiger partial charge is 0.497 e. The number of methoxy groups -OCH3 is 1. The summed E-state index contributed by atoms with van der Waals surface area (Å²) in [5, 5.41) is 5.94. The molecule has 0 saturated carbocycles. The van der Waals surface area contributed by atoms with Gasteiger partial charge in [0.2, 0.25) is 0 Å². The zero-order chi connectivity index (χ0) is 22.8. The number of amides is 1. The number of pyridine rings is 1. The van der Waals surface area contributed by atoms with E-state index in [0.29, 0.717) is 22.1 Å². The van der Waals surface area contributed by atoms with Crippen LogP contribution in [0.4, 0.5) is 9.52 Å². The highest BCUT2D eigenvalue weighted by Crippen LogP contribution is 2.29. The van der Waals surface area contributed by atoms with E-state index in [-0.39, 0.29) is 11.7 Å². The predicted octanol–water partition coefficient (Wildman–Crippen LogP) is 6.43. The average Bonchev–Trinajstić information content (AvgIpc) is 3.32. The van der Waals surface area contributed by atoms with Crippen LogP contribution in [0.25, 0.3) is 33.4 Å². The van der Waals surface area contributed by atoms with Crippen molar-refractivity contribution in [2.75, 3.05) is 12.4 Å². The van der Waals surface area contributed by atoms with Gasteiger partial charge in [0.1, 0.15) is 11.6 Å². The van der Waals surface area contributed by atoms with E-state index in [2.05, 4.69) is 10.3 Å². The lowest BCUT2D eigenvalue weighted by Gasteiger charge is -2.10. The molecular formula is C26H18FN3O2S. The summed E-state index contributed by atoms with van der Waals surface area (Å²) in [6.07, 6.45) is 0. The SMILES string of the molecule is COc1ccc(-c2cc(C(=O)Nc3nc(-c4ccc(F)cc4)cs3)c3ccccc3n2)cc1. The van der Waals surface area contributed by atoms with Gasteiger partial charge in [0.05, 0.1) is 29.6 Å². The minimum atomic E-state index is -0.306. The van der Waals surface area contributed by atoms with Crippen molar-refractivity contribution in [3.8, 4) is 28.3 Å². The van der Waals surface area contributed by atoms with Crippen molar-refractivity contribution in [3.05, 3.63) is 95.6 Å². The Hall–Kier alpha value is -4.10. The molecule has 5 nitrogen and oxygen atoms in total. The predicted molar refractivity (Wildman–Crippen MR) is 129 cm³/mol. The van der Waals surface area contributed by atoms with Gasteiger partial charge in [-0.15, -0.1) is 11.3 Å². The normalized spacial score (nSPS) is 10.8. The van der Waals surface area contributed by atoms with E-state index in [4.69, 9.17) is 9.72 Å². The minimum absolute atomic E-state index is 0.275. The topological polar surface area (TPSA) is 64.1 Å². The van der Waals surface area contributed by atoms with Gasteiger partial charge >= 0.3 is 0 Å². The number of ether oxygens (including phenoxy) is 1. The Morgan fingerprint density at radius 1 is 0.909 bits per heavy atom. The van der Waals surface area contributed by atoms with Crippen molar-refractivity contribution in [1.82, 2.24) is 9.97 Å². The van der Waals surface area contributed by atoms with Gasteiger partial charge in [-0.1, -0.05) is 18.2 Å². The van der Waals surface area contributed by atoms with Gasteiger partial charge in [-0.25, -0.2) is 14.4 Å². The molecule has 0 bridgehead atoms. The molecule has 0 radical (unpaired) electrons. The number of nitrogens with one attached hydrogen (secondary N) is 1. The van der Waals surface area contributed by atoms with Gasteiger partial charge in [0.25, 0.3) is 5.91 Å². The molecule has 0 aliphatic heterocycles. The Morgan fingerprint density at radius 2 is 1.61 bits per heavy atom. The van der Waals surface area contributed by atoms with Crippen molar-refractivity contribution >= 4 is 33.3 Å². The number of aromatic nitrogens is 2. The molecule has 33 heavy (non-hydrogen) atoms. The maximum atomic E-state index is 13.3. The quantitative estimate of drug-likeness (QED) is 0.332. The molecule has 0 spiro atoms. The lowest BCUT2D eigenvalue weighted by molar-refractivity contribution is 0.102. The molecule has 0 unspecified atom stereocenters. The highest BCUT2D eigenvalue weighted by atomic mass is 32.1. The van der Waals surface area contributed by atoms with Crippen LogP contribution in [0.5, 0.6) is 5.75 Å². The summed E-state index contributed by atoms with van der Waals surface area (Å²) in [6.45, 7) is 0. The number of hydrogen-bond acceptors (Lipinski definition) is 5. The first-order valence-corrected chi connectivity index (χ1v) is 11.1. The Labute approximate surface area is 193 Å². The number of hydrogen-bond donors (Lipinski definition) is 1. The van der Waals surface area contributed by atoms with Crippen molar-refractivity contribution in [1.29, 1.82) is 0 Å². The van der Waals surface area contributed by atoms with E-state index in [1.807, 2.05) is 53.9 Å². The molecule has 5 aromatic rings. The second-order valence-corrected chi connectivity index (χ2v) is 8.16. The van der Waals surface area contributed by atoms with Crippen LogP contribution in [0.3, 0.4) is 0 Å². The van der Waals surface area contributed by atoms with Crippen LogP contribution in [-0.2, 0) is 0 Å². The number of carbonyl (C=O) groups is 1. The first kappa shape index (κ1) is 20.8. The number of fused-ring (bicyclic) bond motifs is 1. The summed E-state index contributed by atoms with van der Waals surface area (Å²) in [7, 11) is 1.62. The van der Waals surface area contributed by atoms with Gasteiger partial charge in [0.15, 0.2) is 5.13 Å². The fraction of sp³-hybridized carbons (Fsp3) is 0.0385. The summed E-state index contributed by atoms with van der Waals surface area (Å²) in [5.74, 6) is 0.168. The zero-order valence-electron chi connectivity index (χ0n) is 17.6. The average molecular weight is 456 g/mol. The van der Waals surface area contributed by atoms with Gasteiger partial charge in [-0.2, -0.15) is 0 Å². The zero-order valence-corrected chi connectivity index (χ0v) is 18.4. The molecule has 0 aliphatic rings. The van der Waals surface area contributed by atoms with E-state index < -0.39 is 0 Å². The molecule has 0 saturated heterocycles. The second kappa shape index (κ2) is 8.80. The maximum Gasteiger partial charge on any atom is 0.258 e. The molecule has 0 aliphatic carbocycles. The summed E-state index contributed by atoms with van der Waals surface area (Å²) >= 11 is 1.32. The smallest absolute Gasteiger partial charge is 0.258 e. The van der Waals surface area contributed by atoms with Crippen LogP contribution >= 0.6 is 11.3 Å². The second-order valence-electron chi connectivity index (χ2n) is 7.30. The van der Waals surface area contributed by atoms with Gasteiger partial charge in [0, 0.05) is 21.9 Å². The molecule has 1 amide bonds. The molecular weight excluding hydrogens is 437 g/mol. The number of rotatable bonds is 5. The molecule has 5 rings (SSSR count). The first-order valence-electron chi connectivity index (χ1n) is 10.2. The highest BCUT2D eigenvalue weighted by molar-refractivity contribution is 7.14. The first-order chi connectivity index (χ1) is 16.1. The van der Waals surface area contributed by atoms with E-state index in [0.717, 1.165) is 27.8 Å². The van der Waals surface area contributed by atoms with Crippen molar-refractivity contribution in [2.45, 2.75) is 0 Å². The third-order valence-electron chi connectivity index (χ3n) is 5.21. The van der Waals surface area contributed by atoms with E-state index >= 15 is 0 Å². The molecule has 3 aromatic carbocycles. The highest BCUT2D eigenvalue weighted by Gasteiger charge is 2.16. The Balaban J connectivity index is 1.48. The number of thiazole rings is 1. The molecule has 0 fully saturated rings. The van der Waals surface area contributed by atoms with Crippen LogP contribution < -0.4 is 10.1 Å². The number of anilines is 1. The molecule has 162 valence electrons. The maximum absolute atomic E-state index is 13.3. The summed E-state index contributed by atoms with van der Waals surface area (Å²) in [4.78, 5) is 22.5. The molecule has 2 heterocycles. The molecule has 7 heteroatoms. The van der Waals surface area contributed by atoms with Crippen LogP contribution in [0, 0.1) is 5.82 Å². The Morgan fingerprint density at radius 3 is 2.36 bits per heavy atom. The fourth-order valence-electron chi connectivity index (χ4n) is 3.52. The number of para-hydroxylation sites is 1. The third kappa shape index (κ3) is 4.31. The van der Waals surface area contributed by atoms with E-state index in [1.54, 1.807) is 25.3 Å². The van der Waals surface area contributed by atoms with Crippen LogP contribution in [0.1, 0.15) is 10.4 Å². The lowest BCUT2D eigenvalue weighted by atomic mass is 10.0. The molecule has 0 atom stereocenters. The number of benzene rings is 3. The van der Waals surface area contributed by atoms with Crippen LogP contribution in [0.15, 0.2) is 84.2 Å². The van der Waals surface area contributed by atoms with Gasteiger partial charge in [-0.05, 0) is 60.7 Å². The Bertz CT molecular complexity index is 1450. The van der Waals surface area contributed by atoms with Crippen LogP contribution in [-0.4, -0.2) is 23.0 Å². The number of carbonyl (C=O) groups excluding carboxylic acids is 1. The van der Waals surface area contributed by atoms with Gasteiger partial charge in [-0.3, -0.25) is 10.1 Å². The van der Waals surface area contributed by atoms with E-state index in [9.17, 15) is 9.18 Å². The third-order valence-corrected chi connectivity index (χ3v) is 5.97. The van der Waals surface area contributed by atoms with E-state index in [1.165, 1.54) is 23.5 Å². The summed E-state index contributed by atoms with van der Waals surface area (Å²) in [6, 6.07) is 22.9. The fourth-order valence-corrected chi connectivity index (χ4v) is 4.24. The molecule has 2 aromatic heterocycles. The van der Waals surface area contributed by atoms with Crippen molar-refractivity contribution in [2.24, 2.45) is 0 Å². The standard InChI is InChI=1S/C26H18FN3O2S/c1-32-19-12-8-16(9-13-19)23-14-21(20-4-2-3-5-22(20)28-23)25(31)30-26-29-24(15-33-26)17-6-10-18(27)11-7-17/h2-15H,1H3,(H,29,30,31). The van der Waals surface area contributed by atoms with Gasteiger partial charge < -0.3 is 4.74 Å². The minimum Gasteiger partial charge on any atom is -0.497 e. The number of nitrogens with zero attached hydrogens (tertiary/aromatic N) is 2. The molecule has 1 N–H and O–H groups in total.